The number of hydrogen-bond donors (Lipinski definition) is 2. The fraction of sp³-hybridized carbons (Fsp3) is 0.455. The summed E-state index contributed by atoms with van der Waals surface area (Å²) in [4.78, 5) is 0. The van der Waals surface area contributed by atoms with Crippen LogP contribution in [0.25, 0.3) is 0 Å². The zero-order valence-corrected chi connectivity index (χ0v) is 8.93. The molecule has 0 heterocycles. The van der Waals surface area contributed by atoms with Gasteiger partial charge in [0, 0.05) is 16.1 Å². The molecule has 2 nitrogen and oxygen atoms in total. The van der Waals surface area contributed by atoms with Gasteiger partial charge in [-0.2, -0.15) is 0 Å². The Bertz CT molecular complexity index is 372. The van der Waals surface area contributed by atoms with Crippen molar-refractivity contribution in [3.05, 3.63) is 28.3 Å². The highest BCUT2D eigenvalue weighted by atomic mass is 35.5. The molecular weight excluding hydrogens is 198 g/mol. The fourth-order valence-corrected chi connectivity index (χ4v) is 2.27. The highest BCUT2D eigenvalue weighted by Gasteiger charge is 2.37. The van der Waals surface area contributed by atoms with Crippen molar-refractivity contribution in [2.24, 2.45) is 5.73 Å². The minimum atomic E-state index is -0.348. The van der Waals surface area contributed by atoms with Crippen LogP contribution in [0.15, 0.2) is 12.1 Å². The Hall–Kier alpha value is -0.730. The Morgan fingerprint density at radius 1 is 1.43 bits per heavy atom. The molecule has 3 heteroatoms. The average Bonchev–Trinajstić information content (AvgIpc) is 2.09. The Labute approximate surface area is 88.7 Å². The number of aromatic hydroxyl groups is 1. The molecule has 0 amide bonds. The monoisotopic (exact) mass is 211 g/mol. The maximum atomic E-state index is 9.78. The summed E-state index contributed by atoms with van der Waals surface area (Å²) in [6.07, 6.45) is 2.99. The summed E-state index contributed by atoms with van der Waals surface area (Å²) in [6.45, 7) is 1.91. The average molecular weight is 212 g/mol. The molecule has 0 atom stereocenters. The van der Waals surface area contributed by atoms with E-state index in [1.54, 1.807) is 12.1 Å². The van der Waals surface area contributed by atoms with Crippen LogP contribution < -0.4 is 5.73 Å². The van der Waals surface area contributed by atoms with E-state index in [-0.39, 0.29) is 11.3 Å². The van der Waals surface area contributed by atoms with E-state index in [0.717, 1.165) is 30.4 Å². The molecule has 14 heavy (non-hydrogen) atoms. The van der Waals surface area contributed by atoms with Crippen LogP contribution in [0.5, 0.6) is 5.75 Å². The van der Waals surface area contributed by atoms with Gasteiger partial charge in [-0.05, 0) is 43.9 Å². The first-order valence-electron chi connectivity index (χ1n) is 4.82. The molecule has 0 aromatic heterocycles. The molecule has 1 saturated carbocycles. The van der Waals surface area contributed by atoms with Crippen LogP contribution in [0, 0.1) is 6.92 Å². The summed E-state index contributed by atoms with van der Waals surface area (Å²) < 4.78 is 0. The van der Waals surface area contributed by atoms with Crippen LogP contribution in [0.4, 0.5) is 0 Å². The second kappa shape index (κ2) is 3.14. The normalized spacial score (nSPS) is 19.1. The molecule has 0 aliphatic heterocycles. The topological polar surface area (TPSA) is 46.2 Å². The second-order valence-corrected chi connectivity index (χ2v) is 4.48. The zero-order chi connectivity index (χ0) is 10.3. The molecule has 0 saturated heterocycles. The van der Waals surface area contributed by atoms with Crippen LogP contribution in [0.3, 0.4) is 0 Å². The molecule has 0 bridgehead atoms. The summed E-state index contributed by atoms with van der Waals surface area (Å²) in [6, 6.07) is 3.33. The van der Waals surface area contributed by atoms with E-state index in [1.165, 1.54) is 0 Å². The number of phenolic OH excluding ortho intramolecular Hbond substituents is 1. The second-order valence-electron chi connectivity index (χ2n) is 4.08. The Balaban J connectivity index is 2.56. The third-order valence-electron chi connectivity index (χ3n) is 3.12. The van der Waals surface area contributed by atoms with Gasteiger partial charge in [0.2, 0.25) is 0 Å². The molecule has 2 rings (SSSR count). The Kier molecular flexibility index (Phi) is 2.20. The first-order valence-corrected chi connectivity index (χ1v) is 5.20. The van der Waals surface area contributed by atoms with Crippen molar-refractivity contribution in [2.45, 2.75) is 31.7 Å². The largest absolute Gasteiger partial charge is 0.508 e. The lowest BCUT2D eigenvalue weighted by Gasteiger charge is -2.40. The molecule has 1 aromatic carbocycles. The van der Waals surface area contributed by atoms with Crippen molar-refractivity contribution in [3.63, 3.8) is 0 Å². The van der Waals surface area contributed by atoms with Crippen LogP contribution in [0.1, 0.15) is 30.4 Å². The van der Waals surface area contributed by atoms with Gasteiger partial charge in [-0.25, -0.2) is 0 Å². The number of rotatable bonds is 1. The number of hydrogen-bond acceptors (Lipinski definition) is 2. The Morgan fingerprint density at radius 3 is 2.57 bits per heavy atom. The lowest BCUT2D eigenvalue weighted by molar-refractivity contribution is 0.244. The quantitative estimate of drug-likeness (QED) is 0.750. The van der Waals surface area contributed by atoms with Gasteiger partial charge in [-0.3, -0.25) is 0 Å². The molecule has 1 aliphatic rings. The van der Waals surface area contributed by atoms with E-state index in [9.17, 15) is 5.11 Å². The number of benzene rings is 1. The maximum Gasteiger partial charge on any atom is 0.121 e. The molecule has 0 spiro atoms. The van der Waals surface area contributed by atoms with E-state index >= 15 is 0 Å². The van der Waals surface area contributed by atoms with Crippen molar-refractivity contribution in [3.8, 4) is 5.75 Å². The van der Waals surface area contributed by atoms with Crippen molar-refractivity contribution in [2.75, 3.05) is 0 Å². The van der Waals surface area contributed by atoms with Gasteiger partial charge in [0.15, 0.2) is 0 Å². The molecule has 1 aromatic rings. The van der Waals surface area contributed by atoms with E-state index in [0.29, 0.717) is 5.02 Å². The smallest absolute Gasteiger partial charge is 0.121 e. The maximum absolute atomic E-state index is 9.78. The zero-order valence-electron chi connectivity index (χ0n) is 8.18. The summed E-state index contributed by atoms with van der Waals surface area (Å²) in [5.41, 5.74) is 7.57. The number of nitrogens with two attached hydrogens (primary N) is 1. The van der Waals surface area contributed by atoms with Crippen molar-refractivity contribution in [1.29, 1.82) is 0 Å². The molecule has 3 N–H and O–H groups in total. The first-order chi connectivity index (χ1) is 6.54. The third-order valence-corrected chi connectivity index (χ3v) is 3.53. The first kappa shape index (κ1) is 9.81. The molecule has 0 radical (unpaired) electrons. The van der Waals surface area contributed by atoms with Gasteiger partial charge in [0.25, 0.3) is 0 Å². The van der Waals surface area contributed by atoms with E-state index in [4.69, 9.17) is 17.3 Å². The summed E-state index contributed by atoms with van der Waals surface area (Å²) in [5, 5.41) is 10.5. The van der Waals surface area contributed by atoms with E-state index < -0.39 is 0 Å². The highest BCUT2D eigenvalue weighted by Crippen LogP contribution is 2.45. The van der Waals surface area contributed by atoms with Crippen LogP contribution in [-0.2, 0) is 5.54 Å². The summed E-state index contributed by atoms with van der Waals surface area (Å²) in [5.74, 6) is 0.272. The number of phenols is 1. The predicted molar refractivity (Wildman–Crippen MR) is 57.6 cm³/mol. The molecular formula is C11H14ClNO. The minimum absolute atomic E-state index is 0.272. The number of halogens is 1. The van der Waals surface area contributed by atoms with E-state index in [1.807, 2.05) is 6.92 Å². The van der Waals surface area contributed by atoms with Gasteiger partial charge in [-0.15, -0.1) is 0 Å². The van der Waals surface area contributed by atoms with Crippen molar-refractivity contribution in [1.82, 2.24) is 0 Å². The fourth-order valence-electron chi connectivity index (χ4n) is 2.11. The predicted octanol–water partition coefficient (Wildman–Crippen LogP) is 2.69. The van der Waals surface area contributed by atoms with Gasteiger partial charge >= 0.3 is 0 Å². The minimum Gasteiger partial charge on any atom is -0.508 e. The van der Waals surface area contributed by atoms with Crippen LogP contribution >= 0.6 is 11.6 Å². The SMILES string of the molecule is Cc1c(Cl)ccc(O)c1C1(N)CCC1. The van der Waals surface area contributed by atoms with Crippen molar-refractivity contribution < 1.29 is 5.11 Å². The summed E-state index contributed by atoms with van der Waals surface area (Å²) in [7, 11) is 0. The lowest BCUT2D eigenvalue weighted by Crippen LogP contribution is -2.43. The van der Waals surface area contributed by atoms with Gasteiger partial charge in [0.05, 0.1) is 0 Å². The van der Waals surface area contributed by atoms with Gasteiger partial charge < -0.3 is 10.8 Å². The molecule has 0 unspecified atom stereocenters. The van der Waals surface area contributed by atoms with E-state index in [2.05, 4.69) is 0 Å². The van der Waals surface area contributed by atoms with Gasteiger partial charge in [-0.1, -0.05) is 11.6 Å². The Morgan fingerprint density at radius 2 is 2.07 bits per heavy atom. The molecule has 1 fully saturated rings. The summed E-state index contributed by atoms with van der Waals surface area (Å²) >= 11 is 6.01. The van der Waals surface area contributed by atoms with Crippen LogP contribution in [-0.4, -0.2) is 5.11 Å². The highest BCUT2D eigenvalue weighted by molar-refractivity contribution is 6.31. The van der Waals surface area contributed by atoms with Crippen LogP contribution in [0.2, 0.25) is 5.02 Å². The van der Waals surface area contributed by atoms with Crippen molar-refractivity contribution >= 4 is 11.6 Å². The van der Waals surface area contributed by atoms with Gasteiger partial charge in [0.1, 0.15) is 5.75 Å². The molecule has 1 aliphatic carbocycles. The third kappa shape index (κ3) is 1.30. The molecule has 76 valence electrons. The lowest BCUT2D eigenvalue weighted by atomic mass is 9.71. The standard InChI is InChI=1S/C11H14ClNO/c1-7-8(12)3-4-9(14)10(7)11(13)5-2-6-11/h3-4,14H,2,5-6,13H2,1H3.